The van der Waals surface area contributed by atoms with E-state index in [-0.39, 0.29) is 47.7 Å². The lowest BCUT2D eigenvalue weighted by molar-refractivity contribution is -0.137. The van der Waals surface area contributed by atoms with E-state index in [1.807, 2.05) is 0 Å². The Hall–Kier alpha value is -3.44. The van der Waals surface area contributed by atoms with Gasteiger partial charge in [0.15, 0.2) is 5.82 Å². The van der Waals surface area contributed by atoms with Crippen LogP contribution in [0.4, 0.5) is 33.5 Å². The minimum Gasteiger partial charge on any atom is -0.486 e. The summed E-state index contributed by atoms with van der Waals surface area (Å²) in [6, 6.07) is 1.98. The molecule has 0 spiro atoms. The Morgan fingerprint density at radius 3 is 2.50 bits per heavy atom. The molecule has 12 heteroatoms. The van der Waals surface area contributed by atoms with Crippen molar-refractivity contribution in [3.8, 4) is 0 Å². The maximum absolute atomic E-state index is 14.0. The first-order valence-corrected chi connectivity index (χ1v) is 11.8. The van der Waals surface area contributed by atoms with Crippen LogP contribution in [0.5, 0.6) is 0 Å². The van der Waals surface area contributed by atoms with Crippen LogP contribution in [0.3, 0.4) is 0 Å². The summed E-state index contributed by atoms with van der Waals surface area (Å²) in [5, 5.41) is 10.4. The van der Waals surface area contributed by atoms with E-state index in [1.54, 1.807) is 44.0 Å². The highest BCUT2D eigenvalue weighted by molar-refractivity contribution is 6.30. The lowest BCUT2D eigenvalue weighted by atomic mass is 9.96. The number of pyridine rings is 2. The SMILES string of the molecule is CC1=CC(OCc2ncc(F)cc2F)=C(Cl)CN1c1cc(N2C=CC=C(C(C)(C)O)C2)ncc1C(F)(F)F. The fraction of sp³-hybridized carbons (Fsp3) is 0.308. The summed E-state index contributed by atoms with van der Waals surface area (Å²) in [5.41, 5.74) is -1.36. The van der Waals surface area contributed by atoms with Gasteiger partial charge in [0.05, 0.1) is 34.6 Å². The van der Waals surface area contributed by atoms with E-state index in [0.29, 0.717) is 17.3 Å². The number of nitrogens with zero attached hydrogens (tertiary/aromatic N) is 4. The molecule has 0 radical (unpaired) electrons. The number of anilines is 2. The van der Waals surface area contributed by atoms with Crippen LogP contribution in [0.15, 0.2) is 71.0 Å². The molecule has 0 bridgehead atoms. The van der Waals surface area contributed by atoms with Gasteiger partial charge in [-0.05, 0) is 32.4 Å². The number of hydrogen-bond acceptors (Lipinski definition) is 6. The zero-order valence-corrected chi connectivity index (χ0v) is 21.4. The molecule has 0 atom stereocenters. The first-order valence-electron chi connectivity index (χ1n) is 11.5. The largest absolute Gasteiger partial charge is 0.486 e. The second-order valence-corrected chi connectivity index (χ2v) is 9.75. The maximum Gasteiger partial charge on any atom is 0.419 e. The second-order valence-electron chi connectivity index (χ2n) is 9.29. The van der Waals surface area contributed by atoms with Gasteiger partial charge in [-0.2, -0.15) is 13.2 Å². The van der Waals surface area contributed by atoms with Crippen LogP contribution in [0, 0.1) is 11.6 Å². The quantitative estimate of drug-likeness (QED) is 0.429. The highest BCUT2D eigenvalue weighted by Gasteiger charge is 2.37. The minimum absolute atomic E-state index is 0.0784. The number of rotatable bonds is 6. The van der Waals surface area contributed by atoms with Gasteiger partial charge in [-0.15, -0.1) is 0 Å². The summed E-state index contributed by atoms with van der Waals surface area (Å²) in [6.07, 6.45) is 3.44. The Morgan fingerprint density at radius 1 is 1.11 bits per heavy atom. The van der Waals surface area contributed by atoms with E-state index in [4.69, 9.17) is 16.3 Å². The van der Waals surface area contributed by atoms with Crippen molar-refractivity contribution in [3.63, 3.8) is 0 Å². The average Bonchev–Trinajstić information content (AvgIpc) is 2.84. The van der Waals surface area contributed by atoms with E-state index in [1.165, 1.54) is 17.0 Å². The number of hydrogen-bond donors (Lipinski definition) is 1. The topological polar surface area (TPSA) is 61.7 Å². The molecule has 1 N–H and O–H groups in total. The Bertz CT molecular complexity index is 1360. The standard InChI is InChI=1S/C26H24ClF5N4O2/c1-15-7-23(38-14-21-20(29)8-17(28)10-33-21)19(27)13-36(15)22-9-24(34-11-18(22)26(30,31)32)35-6-4-5-16(12-35)25(2,3)37/h4-11,37H,12-14H2,1-3H3. The maximum atomic E-state index is 14.0. The predicted molar refractivity (Wildman–Crippen MR) is 133 cm³/mol. The molecule has 202 valence electrons. The number of allylic oxidation sites excluding steroid dienone is 4. The van der Waals surface area contributed by atoms with Crippen molar-refractivity contribution in [2.45, 2.75) is 39.2 Å². The van der Waals surface area contributed by atoms with Crippen LogP contribution in [0.1, 0.15) is 32.0 Å². The Kier molecular flexibility index (Phi) is 7.53. The molecule has 0 aliphatic carbocycles. The number of alkyl halides is 3. The van der Waals surface area contributed by atoms with Gasteiger partial charge in [0.1, 0.15) is 29.7 Å². The molecule has 0 unspecified atom stereocenters. The summed E-state index contributed by atoms with van der Waals surface area (Å²) in [4.78, 5) is 10.7. The van der Waals surface area contributed by atoms with Crippen LogP contribution in [0.25, 0.3) is 0 Å². The minimum atomic E-state index is -4.70. The third kappa shape index (κ3) is 5.99. The summed E-state index contributed by atoms with van der Waals surface area (Å²) < 4.78 is 74.5. The van der Waals surface area contributed by atoms with Gasteiger partial charge in [0.2, 0.25) is 0 Å². The van der Waals surface area contributed by atoms with Crippen molar-refractivity contribution in [2.24, 2.45) is 0 Å². The van der Waals surface area contributed by atoms with Gasteiger partial charge in [-0.25, -0.2) is 13.8 Å². The highest BCUT2D eigenvalue weighted by Crippen LogP contribution is 2.41. The number of halogens is 6. The molecule has 2 aliphatic heterocycles. The molecule has 4 rings (SSSR count). The van der Waals surface area contributed by atoms with Crippen molar-refractivity contribution in [2.75, 3.05) is 22.9 Å². The van der Waals surface area contributed by atoms with Gasteiger partial charge < -0.3 is 19.6 Å². The Labute approximate surface area is 221 Å². The second kappa shape index (κ2) is 10.4. The zero-order chi connectivity index (χ0) is 27.8. The number of ether oxygens (including phenoxy) is 1. The first kappa shape index (κ1) is 27.6. The molecule has 0 amide bonds. The van der Waals surface area contributed by atoms with Crippen molar-refractivity contribution in [1.29, 1.82) is 0 Å². The van der Waals surface area contributed by atoms with E-state index in [9.17, 15) is 27.1 Å². The average molecular weight is 555 g/mol. The van der Waals surface area contributed by atoms with E-state index < -0.39 is 29.0 Å². The molecule has 4 heterocycles. The lowest BCUT2D eigenvalue weighted by Gasteiger charge is -2.33. The molecular formula is C26H24ClF5N4O2. The van der Waals surface area contributed by atoms with Crippen molar-refractivity contribution in [3.05, 3.63) is 93.9 Å². The number of aliphatic hydroxyl groups is 1. The highest BCUT2D eigenvalue weighted by atomic mass is 35.5. The molecule has 0 aromatic carbocycles. The molecule has 2 aromatic heterocycles. The molecule has 0 saturated carbocycles. The van der Waals surface area contributed by atoms with E-state index >= 15 is 0 Å². The fourth-order valence-electron chi connectivity index (χ4n) is 3.92. The van der Waals surface area contributed by atoms with Gasteiger partial charge in [-0.1, -0.05) is 17.7 Å². The Balaban J connectivity index is 1.62. The van der Waals surface area contributed by atoms with E-state index in [0.717, 1.165) is 12.4 Å². The monoisotopic (exact) mass is 554 g/mol. The molecule has 6 nitrogen and oxygen atoms in total. The summed E-state index contributed by atoms with van der Waals surface area (Å²) >= 11 is 6.39. The van der Waals surface area contributed by atoms with E-state index in [2.05, 4.69) is 9.97 Å². The summed E-state index contributed by atoms with van der Waals surface area (Å²) in [5.74, 6) is -1.36. The predicted octanol–water partition coefficient (Wildman–Crippen LogP) is 6.20. The van der Waals surface area contributed by atoms with Gasteiger partial charge in [-0.3, -0.25) is 4.98 Å². The molecule has 2 aliphatic rings. The molecule has 0 fully saturated rings. The van der Waals surface area contributed by atoms with Crippen molar-refractivity contribution >= 4 is 23.1 Å². The molecule has 2 aromatic rings. The van der Waals surface area contributed by atoms with Crippen LogP contribution in [-0.2, 0) is 17.5 Å². The molecule has 38 heavy (non-hydrogen) atoms. The third-order valence-corrected chi connectivity index (χ3v) is 6.33. The smallest absolute Gasteiger partial charge is 0.419 e. The Morgan fingerprint density at radius 2 is 1.84 bits per heavy atom. The first-order chi connectivity index (χ1) is 17.7. The van der Waals surface area contributed by atoms with Crippen LogP contribution < -0.4 is 9.80 Å². The van der Waals surface area contributed by atoms with Crippen molar-refractivity contribution in [1.82, 2.24) is 9.97 Å². The zero-order valence-electron chi connectivity index (χ0n) is 20.7. The molecular weight excluding hydrogens is 531 g/mol. The van der Waals surface area contributed by atoms with Crippen molar-refractivity contribution < 1.29 is 31.8 Å². The summed E-state index contributed by atoms with van der Waals surface area (Å²) in [6.45, 7) is 4.55. The number of aromatic nitrogens is 2. The normalized spacial score (nSPS) is 16.6. The van der Waals surface area contributed by atoms with Gasteiger partial charge in [0.25, 0.3) is 0 Å². The van der Waals surface area contributed by atoms with Gasteiger partial charge in [0, 0.05) is 42.8 Å². The van der Waals surface area contributed by atoms with Crippen LogP contribution in [-0.4, -0.2) is 33.8 Å². The lowest BCUT2D eigenvalue weighted by Crippen LogP contribution is -2.33. The van der Waals surface area contributed by atoms with Gasteiger partial charge >= 0.3 is 6.18 Å². The summed E-state index contributed by atoms with van der Waals surface area (Å²) in [7, 11) is 0. The van der Waals surface area contributed by atoms with Crippen LogP contribution in [0.2, 0.25) is 0 Å². The fourth-order valence-corrected chi connectivity index (χ4v) is 4.15. The molecule has 0 saturated heterocycles. The third-order valence-electron chi connectivity index (χ3n) is 6.03. The van der Waals surface area contributed by atoms with Crippen LogP contribution >= 0.6 is 11.6 Å².